The fourth-order valence-electron chi connectivity index (χ4n) is 3.58. The summed E-state index contributed by atoms with van der Waals surface area (Å²) in [6.45, 7) is 6.78. The first-order valence-electron chi connectivity index (χ1n) is 11.3. The molecule has 0 radical (unpaired) electrons. The first-order chi connectivity index (χ1) is 14.9. The van der Waals surface area contributed by atoms with Crippen LogP contribution in [0.2, 0.25) is 0 Å². The highest BCUT2D eigenvalue weighted by Gasteiger charge is 2.38. The Hall–Kier alpha value is -2.14. The van der Waals surface area contributed by atoms with Gasteiger partial charge in [0.1, 0.15) is 0 Å². The predicted octanol–water partition coefficient (Wildman–Crippen LogP) is 6.84. The summed E-state index contributed by atoms with van der Waals surface area (Å²) in [6, 6.07) is 7.63. The number of nitrogens with zero attached hydrogens (tertiary/aromatic N) is 2. The van der Waals surface area contributed by atoms with Gasteiger partial charge in [-0.05, 0) is 29.9 Å². The van der Waals surface area contributed by atoms with Crippen molar-refractivity contribution in [1.82, 2.24) is 9.97 Å². The lowest BCUT2D eigenvalue weighted by Gasteiger charge is -2.25. The van der Waals surface area contributed by atoms with E-state index in [4.69, 9.17) is 16.3 Å². The van der Waals surface area contributed by atoms with Crippen LogP contribution in [0, 0.1) is 5.92 Å². The number of ether oxygens (including phenoxy) is 1. The van der Waals surface area contributed by atoms with Gasteiger partial charge in [-0.3, -0.25) is 0 Å². The zero-order chi connectivity index (χ0) is 22.7. The van der Waals surface area contributed by atoms with Crippen molar-refractivity contribution in [2.75, 3.05) is 6.61 Å². The zero-order valence-electron chi connectivity index (χ0n) is 18.9. The molecule has 2 rings (SSSR count). The van der Waals surface area contributed by atoms with Crippen LogP contribution in [0.25, 0.3) is 11.1 Å². The highest BCUT2D eigenvalue weighted by Crippen LogP contribution is 2.37. The smallest absolute Gasteiger partial charge is 0.329 e. The molecule has 1 atom stereocenters. The van der Waals surface area contributed by atoms with E-state index in [1.807, 2.05) is 26.0 Å². The quantitative estimate of drug-likeness (QED) is 0.254. The average molecular weight is 447 g/mol. The van der Waals surface area contributed by atoms with Crippen molar-refractivity contribution in [3.05, 3.63) is 42.2 Å². The molecule has 0 aliphatic rings. The largest absolute Gasteiger partial charge is 0.480 e. The summed E-state index contributed by atoms with van der Waals surface area (Å²) >= 11 is 6.48. The van der Waals surface area contributed by atoms with Crippen LogP contribution in [-0.2, 0) is 9.67 Å². The van der Waals surface area contributed by atoms with Crippen molar-refractivity contribution >= 4 is 17.6 Å². The van der Waals surface area contributed by atoms with Gasteiger partial charge in [-0.15, -0.1) is 11.6 Å². The monoisotopic (exact) mass is 446 g/mol. The second-order valence-corrected chi connectivity index (χ2v) is 9.15. The van der Waals surface area contributed by atoms with E-state index in [1.165, 1.54) is 38.5 Å². The molecule has 0 saturated carbocycles. The molecular formula is C25H35ClN2O3. The summed E-state index contributed by atoms with van der Waals surface area (Å²) in [4.78, 5) is 18.9. The van der Waals surface area contributed by atoms with Gasteiger partial charge in [0.15, 0.2) is 4.87 Å². The van der Waals surface area contributed by atoms with Crippen LogP contribution in [0.15, 0.2) is 36.7 Å². The van der Waals surface area contributed by atoms with Crippen LogP contribution < -0.4 is 4.74 Å². The van der Waals surface area contributed by atoms with Gasteiger partial charge < -0.3 is 9.84 Å². The molecule has 1 heterocycles. The summed E-state index contributed by atoms with van der Waals surface area (Å²) in [5.41, 5.74) is 2.32. The Labute approximate surface area is 191 Å². The Morgan fingerprint density at radius 2 is 1.58 bits per heavy atom. The van der Waals surface area contributed by atoms with Gasteiger partial charge in [-0.2, -0.15) is 0 Å². The molecule has 0 spiro atoms. The fourth-order valence-corrected chi connectivity index (χ4v) is 4.02. The number of hydrogen-bond donors (Lipinski definition) is 1. The van der Waals surface area contributed by atoms with Crippen molar-refractivity contribution in [2.45, 2.75) is 77.0 Å². The van der Waals surface area contributed by atoms with E-state index >= 15 is 0 Å². The minimum Gasteiger partial charge on any atom is -0.480 e. The van der Waals surface area contributed by atoms with Crippen molar-refractivity contribution in [2.24, 2.45) is 5.92 Å². The number of unbranched alkanes of at least 4 members (excludes halogenated alkanes) is 6. The number of aromatic nitrogens is 2. The molecule has 0 bridgehead atoms. The molecule has 1 aromatic heterocycles. The number of benzene rings is 1. The number of aliphatic carboxylic acids is 1. The zero-order valence-corrected chi connectivity index (χ0v) is 19.7. The fraction of sp³-hybridized carbons (Fsp3) is 0.560. The minimum atomic E-state index is -1.42. The van der Waals surface area contributed by atoms with E-state index in [-0.39, 0.29) is 5.92 Å². The molecule has 0 saturated heterocycles. The van der Waals surface area contributed by atoms with E-state index in [1.54, 1.807) is 24.5 Å². The third-order valence-corrected chi connectivity index (χ3v) is 5.85. The lowest BCUT2D eigenvalue weighted by Crippen LogP contribution is -2.31. The van der Waals surface area contributed by atoms with E-state index in [9.17, 15) is 9.90 Å². The van der Waals surface area contributed by atoms with Gasteiger partial charge >= 0.3 is 12.0 Å². The minimum absolute atomic E-state index is 0.162. The molecule has 31 heavy (non-hydrogen) atoms. The average Bonchev–Trinajstić information content (AvgIpc) is 2.75. The van der Waals surface area contributed by atoms with Crippen LogP contribution in [0.3, 0.4) is 0 Å². The maximum Gasteiger partial charge on any atom is 0.329 e. The molecule has 6 heteroatoms. The summed E-state index contributed by atoms with van der Waals surface area (Å²) in [5.74, 6) is -0.864. The number of carbonyl (C=O) groups is 1. The number of halogens is 1. The molecule has 2 aromatic rings. The molecular weight excluding hydrogens is 412 g/mol. The normalized spacial score (nSPS) is 13.2. The standard InChI is InChI=1S/C25H35ClN2O3/c1-4-5-6-7-8-9-10-15-31-24-27-17-21(18-28-24)20-11-13-22(14-12-20)25(26,23(29)30)16-19(2)3/h11-14,17-19H,4-10,15-16H2,1-3H3,(H,29,30). The third-order valence-electron chi connectivity index (χ3n) is 5.31. The lowest BCUT2D eigenvalue weighted by atomic mass is 9.88. The number of carboxylic acid groups (broad SMARTS) is 1. The SMILES string of the molecule is CCCCCCCCCOc1ncc(-c2ccc(C(Cl)(CC(C)C)C(=O)O)cc2)cn1. The number of carboxylic acids is 1. The Morgan fingerprint density at radius 3 is 2.13 bits per heavy atom. The van der Waals surface area contributed by atoms with Gasteiger partial charge in [0, 0.05) is 18.0 Å². The molecule has 1 N–H and O–H groups in total. The highest BCUT2D eigenvalue weighted by molar-refractivity contribution is 6.33. The number of hydrogen-bond acceptors (Lipinski definition) is 4. The summed E-state index contributed by atoms with van der Waals surface area (Å²) in [6.07, 6.45) is 12.5. The molecule has 0 amide bonds. The molecule has 0 fully saturated rings. The maximum atomic E-state index is 11.8. The summed E-state index contributed by atoms with van der Waals surface area (Å²) in [5, 5.41) is 9.64. The first-order valence-corrected chi connectivity index (χ1v) is 11.7. The topological polar surface area (TPSA) is 72.3 Å². The second-order valence-electron chi connectivity index (χ2n) is 8.51. The lowest BCUT2D eigenvalue weighted by molar-refractivity contribution is -0.141. The first kappa shape index (κ1) is 25.1. The highest BCUT2D eigenvalue weighted by atomic mass is 35.5. The van der Waals surface area contributed by atoms with Gasteiger partial charge in [0.2, 0.25) is 0 Å². The van der Waals surface area contributed by atoms with Crippen LogP contribution >= 0.6 is 11.6 Å². The Balaban J connectivity index is 1.89. The summed E-state index contributed by atoms with van der Waals surface area (Å²) in [7, 11) is 0. The van der Waals surface area contributed by atoms with Crippen LogP contribution in [-0.4, -0.2) is 27.7 Å². The maximum absolute atomic E-state index is 11.8. The second kappa shape index (κ2) is 12.7. The van der Waals surface area contributed by atoms with Crippen molar-refractivity contribution in [1.29, 1.82) is 0 Å². The Bertz CT molecular complexity index is 793. The molecule has 0 aliphatic carbocycles. The van der Waals surface area contributed by atoms with Gasteiger partial charge in [0.25, 0.3) is 0 Å². The molecule has 0 aliphatic heterocycles. The van der Waals surface area contributed by atoms with Crippen LogP contribution in [0.1, 0.15) is 77.7 Å². The molecule has 1 unspecified atom stereocenters. The van der Waals surface area contributed by atoms with Gasteiger partial charge in [-0.25, -0.2) is 14.8 Å². The van der Waals surface area contributed by atoms with Gasteiger partial charge in [-0.1, -0.05) is 83.6 Å². The van der Waals surface area contributed by atoms with E-state index in [2.05, 4.69) is 16.9 Å². The number of alkyl halides is 1. The Kier molecular flexibility index (Phi) is 10.3. The molecule has 5 nitrogen and oxygen atoms in total. The number of rotatable bonds is 14. The summed E-state index contributed by atoms with van der Waals surface area (Å²) < 4.78 is 5.65. The van der Waals surface area contributed by atoms with E-state index < -0.39 is 10.8 Å². The molecule has 1 aromatic carbocycles. The van der Waals surface area contributed by atoms with Crippen molar-refractivity contribution in [3.8, 4) is 17.1 Å². The Morgan fingerprint density at radius 1 is 1.00 bits per heavy atom. The van der Waals surface area contributed by atoms with Gasteiger partial charge in [0.05, 0.1) is 6.61 Å². The van der Waals surface area contributed by atoms with E-state index in [0.717, 1.165) is 17.5 Å². The van der Waals surface area contributed by atoms with E-state index in [0.29, 0.717) is 24.6 Å². The predicted molar refractivity (Wildman–Crippen MR) is 126 cm³/mol. The van der Waals surface area contributed by atoms with Crippen molar-refractivity contribution < 1.29 is 14.6 Å². The third kappa shape index (κ3) is 7.80. The van der Waals surface area contributed by atoms with Crippen molar-refractivity contribution in [3.63, 3.8) is 0 Å². The molecule has 170 valence electrons. The van der Waals surface area contributed by atoms with Crippen LogP contribution in [0.4, 0.5) is 0 Å². The van der Waals surface area contributed by atoms with Crippen LogP contribution in [0.5, 0.6) is 6.01 Å².